The summed E-state index contributed by atoms with van der Waals surface area (Å²) in [6.07, 6.45) is 1.57. The van der Waals surface area contributed by atoms with Crippen molar-refractivity contribution < 1.29 is 13.2 Å². The molecular formula is C20H19N3O3S2. The summed E-state index contributed by atoms with van der Waals surface area (Å²) in [6, 6.07) is 15.5. The highest BCUT2D eigenvalue weighted by Crippen LogP contribution is 2.22. The van der Waals surface area contributed by atoms with Crippen LogP contribution >= 0.6 is 11.3 Å². The first-order valence-corrected chi connectivity index (χ1v) is 10.8. The van der Waals surface area contributed by atoms with E-state index in [1.807, 2.05) is 32.0 Å². The lowest BCUT2D eigenvalue weighted by molar-refractivity contribution is 0.0956. The van der Waals surface area contributed by atoms with Crippen LogP contribution in [0.4, 0.5) is 5.69 Å². The van der Waals surface area contributed by atoms with Crippen LogP contribution in [0, 0.1) is 13.8 Å². The molecule has 0 aliphatic carbocycles. The van der Waals surface area contributed by atoms with Crippen molar-refractivity contribution in [2.75, 3.05) is 4.72 Å². The van der Waals surface area contributed by atoms with Crippen molar-refractivity contribution in [1.82, 2.24) is 5.43 Å². The maximum atomic E-state index is 12.5. The van der Waals surface area contributed by atoms with E-state index in [4.69, 9.17) is 0 Å². The topological polar surface area (TPSA) is 87.6 Å². The van der Waals surface area contributed by atoms with Crippen molar-refractivity contribution >= 4 is 39.2 Å². The van der Waals surface area contributed by atoms with Gasteiger partial charge in [-0.1, -0.05) is 42.0 Å². The molecule has 28 heavy (non-hydrogen) atoms. The van der Waals surface area contributed by atoms with Crippen molar-refractivity contribution in [1.29, 1.82) is 0 Å². The molecule has 0 saturated heterocycles. The average Bonchev–Trinajstić information content (AvgIpc) is 3.20. The molecule has 2 N–H and O–H groups in total. The molecule has 144 valence electrons. The lowest BCUT2D eigenvalue weighted by Crippen LogP contribution is -2.21. The van der Waals surface area contributed by atoms with E-state index < -0.39 is 15.9 Å². The predicted molar refractivity (Wildman–Crippen MR) is 113 cm³/mol. The van der Waals surface area contributed by atoms with Gasteiger partial charge in [-0.3, -0.25) is 9.52 Å². The Morgan fingerprint density at radius 3 is 2.61 bits per heavy atom. The zero-order valence-corrected chi connectivity index (χ0v) is 17.0. The summed E-state index contributed by atoms with van der Waals surface area (Å²) in [7, 11) is -3.75. The number of thiophene rings is 1. The summed E-state index contributed by atoms with van der Waals surface area (Å²) >= 11 is 1.10. The molecule has 0 bridgehead atoms. The molecule has 1 heterocycles. The van der Waals surface area contributed by atoms with Gasteiger partial charge >= 0.3 is 0 Å². The summed E-state index contributed by atoms with van der Waals surface area (Å²) in [6.45, 7) is 3.93. The van der Waals surface area contributed by atoms with E-state index in [-0.39, 0.29) is 15.5 Å². The second-order valence-corrected chi connectivity index (χ2v) is 9.00. The number of para-hydroxylation sites is 1. The number of carbonyl (C=O) groups excluding carboxylic acids is 1. The van der Waals surface area contributed by atoms with E-state index in [9.17, 15) is 13.2 Å². The van der Waals surface area contributed by atoms with Crippen LogP contribution in [0.1, 0.15) is 27.0 Å². The van der Waals surface area contributed by atoms with Crippen LogP contribution in [0.15, 0.2) is 69.3 Å². The molecule has 2 aromatic carbocycles. The zero-order chi connectivity index (χ0) is 20.1. The van der Waals surface area contributed by atoms with Gasteiger partial charge in [0.15, 0.2) is 0 Å². The number of hydrogen-bond donors (Lipinski definition) is 2. The van der Waals surface area contributed by atoms with Crippen LogP contribution < -0.4 is 10.1 Å². The molecule has 3 aromatic rings. The summed E-state index contributed by atoms with van der Waals surface area (Å²) in [5.74, 6) is -0.508. The highest BCUT2D eigenvalue weighted by atomic mass is 32.2. The van der Waals surface area contributed by atoms with E-state index in [0.29, 0.717) is 0 Å². The zero-order valence-electron chi connectivity index (χ0n) is 15.3. The van der Waals surface area contributed by atoms with Gasteiger partial charge in [0, 0.05) is 0 Å². The first-order valence-electron chi connectivity index (χ1n) is 8.43. The molecule has 0 fully saturated rings. The highest BCUT2D eigenvalue weighted by molar-refractivity contribution is 7.94. The van der Waals surface area contributed by atoms with Gasteiger partial charge in [0.2, 0.25) is 0 Å². The minimum absolute atomic E-state index is 0.177. The van der Waals surface area contributed by atoms with Crippen molar-refractivity contribution in [3.05, 3.63) is 82.2 Å². The van der Waals surface area contributed by atoms with Crippen molar-refractivity contribution in [3.63, 3.8) is 0 Å². The molecule has 0 spiro atoms. The number of anilines is 1. The highest BCUT2D eigenvalue weighted by Gasteiger charge is 2.19. The van der Waals surface area contributed by atoms with Gasteiger partial charge in [-0.15, -0.1) is 11.3 Å². The average molecular weight is 414 g/mol. The number of amides is 1. The number of aryl methyl sites for hydroxylation is 2. The SMILES string of the molecule is Cc1ccc(C)c(C=NNC(=O)c2ccccc2NS(=O)(=O)c2cccs2)c1. The van der Waals surface area contributed by atoms with Gasteiger partial charge in [-0.2, -0.15) is 5.10 Å². The van der Waals surface area contributed by atoms with Gasteiger partial charge in [-0.05, 0) is 48.6 Å². The monoisotopic (exact) mass is 413 g/mol. The molecule has 3 rings (SSSR count). The number of rotatable bonds is 6. The van der Waals surface area contributed by atoms with Crippen molar-refractivity contribution in [2.24, 2.45) is 5.10 Å². The Morgan fingerprint density at radius 1 is 1.07 bits per heavy atom. The molecule has 0 radical (unpaired) electrons. The first-order chi connectivity index (χ1) is 13.4. The third-order valence-electron chi connectivity index (χ3n) is 3.98. The van der Waals surface area contributed by atoms with Gasteiger partial charge in [-0.25, -0.2) is 13.8 Å². The smallest absolute Gasteiger partial charge is 0.273 e. The fourth-order valence-corrected chi connectivity index (χ4v) is 4.57. The fraction of sp³-hybridized carbons (Fsp3) is 0.100. The summed E-state index contributed by atoms with van der Waals surface area (Å²) in [5.41, 5.74) is 5.84. The normalized spacial score (nSPS) is 11.5. The Hall–Kier alpha value is -2.97. The molecule has 1 aromatic heterocycles. The number of sulfonamides is 1. The Balaban J connectivity index is 1.78. The Morgan fingerprint density at radius 2 is 1.86 bits per heavy atom. The number of nitrogens with zero attached hydrogens (tertiary/aromatic N) is 1. The Labute approximate surface area is 168 Å². The lowest BCUT2D eigenvalue weighted by Gasteiger charge is -2.10. The molecule has 0 aliphatic rings. The quantitative estimate of drug-likeness (QED) is 0.474. The summed E-state index contributed by atoms with van der Waals surface area (Å²) in [5, 5.41) is 5.68. The molecule has 0 atom stereocenters. The number of benzene rings is 2. The number of hydrogen-bond acceptors (Lipinski definition) is 5. The minimum atomic E-state index is -3.75. The molecule has 6 nitrogen and oxygen atoms in total. The van der Waals surface area contributed by atoms with Crippen LogP contribution in [-0.4, -0.2) is 20.5 Å². The first kappa shape index (κ1) is 19.8. The molecule has 0 aliphatic heterocycles. The third-order valence-corrected chi connectivity index (χ3v) is 6.74. The van der Waals surface area contributed by atoms with Crippen molar-refractivity contribution in [3.8, 4) is 0 Å². The van der Waals surface area contributed by atoms with Crippen LogP contribution in [0.2, 0.25) is 0 Å². The fourth-order valence-electron chi connectivity index (χ4n) is 2.50. The van der Waals surface area contributed by atoms with Crippen LogP contribution in [0.3, 0.4) is 0 Å². The van der Waals surface area contributed by atoms with Gasteiger partial charge in [0.25, 0.3) is 15.9 Å². The predicted octanol–water partition coefficient (Wildman–Crippen LogP) is 3.93. The van der Waals surface area contributed by atoms with Crippen molar-refractivity contribution in [2.45, 2.75) is 18.1 Å². The standard InChI is InChI=1S/C20H19N3O3S2/c1-14-9-10-15(2)16(12-14)13-21-22-20(24)17-6-3-4-7-18(17)23-28(25,26)19-8-5-11-27-19/h3-13,23H,1-2H3,(H,22,24). The second-order valence-electron chi connectivity index (χ2n) is 6.14. The third kappa shape index (κ3) is 4.65. The lowest BCUT2D eigenvalue weighted by atomic mass is 10.1. The summed E-state index contributed by atoms with van der Waals surface area (Å²) in [4.78, 5) is 12.5. The van der Waals surface area contributed by atoms with E-state index in [0.717, 1.165) is 28.0 Å². The van der Waals surface area contributed by atoms with Crippen LogP contribution in [-0.2, 0) is 10.0 Å². The van der Waals surface area contributed by atoms with Gasteiger partial charge in [0.05, 0.1) is 17.5 Å². The molecule has 1 amide bonds. The molecular weight excluding hydrogens is 394 g/mol. The van der Waals surface area contributed by atoms with Crippen LogP contribution in [0.25, 0.3) is 0 Å². The molecule has 0 saturated carbocycles. The maximum Gasteiger partial charge on any atom is 0.273 e. The van der Waals surface area contributed by atoms with E-state index in [1.165, 1.54) is 18.2 Å². The van der Waals surface area contributed by atoms with E-state index in [2.05, 4.69) is 15.2 Å². The Bertz CT molecular complexity index is 1120. The number of carbonyl (C=O) groups is 1. The maximum absolute atomic E-state index is 12.5. The van der Waals surface area contributed by atoms with Crippen LogP contribution in [0.5, 0.6) is 0 Å². The molecule has 8 heteroatoms. The number of nitrogens with one attached hydrogen (secondary N) is 2. The molecule has 0 unspecified atom stereocenters. The van der Waals surface area contributed by atoms with Gasteiger partial charge < -0.3 is 0 Å². The Kier molecular flexibility index (Phi) is 5.91. The number of hydrazone groups is 1. The van der Waals surface area contributed by atoms with Gasteiger partial charge in [0.1, 0.15) is 4.21 Å². The van der Waals surface area contributed by atoms with E-state index >= 15 is 0 Å². The second kappa shape index (κ2) is 8.37. The summed E-state index contributed by atoms with van der Waals surface area (Å²) < 4.78 is 27.5. The largest absolute Gasteiger partial charge is 0.278 e. The minimum Gasteiger partial charge on any atom is -0.278 e. The van der Waals surface area contributed by atoms with E-state index in [1.54, 1.807) is 29.8 Å².